The molecule has 154 valence electrons. The Balaban J connectivity index is 1.54. The number of furan rings is 1. The number of nitrogens with zero attached hydrogens (tertiary/aromatic N) is 3. The van der Waals surface area contributed by atoms with Gasteiger partial charge < -0.3 is 19.5 Å². The van der Waals surface area contributed by atoms with E-state index < -0.39 is 6.04 Å². The van der Waals surface area contributed by atoms with Crippen molar-refractivity contribution in [3.63, 3.8) is 0 Å². The van der Waals surface area contributed by atoms with Gasteiger partial charge in [0.1, 0.15) is 6.04 Å². The number of likely N-dealkylation sites (tertiary alicyclic amines) is 1. The highest BCUT2D eigenvalue weighted by Gasteiger charge is 2.36. The zero-order chi connectivity index (χ0) is 19.9. The molecule has 2 aliphatic rings. The van der Waals surface area contributed by atoms with Gasteiger partial charge in [-0.05, 0) is 37.8 Å². The van der Waals surface area contributed by atoms with E-state index in [2.05, 4.69) is 10.2 Å². The average Bonchev–Trinajstić information content (AvgIpc) is 3.26. The van der Waals surface area contributed by atoms with Crippen LogP contribution in [0.1, 0.15) is 43.2 Å². The second-order valence-corrected chi connectivity index (χ2v) is 7.44. The average molecular weight is 390 g/mol. The van der Waals surface area contributed by atoms with Crippen LogP contribution in [-0.4, -0.2) is 84.3 Å². The second kappa shape index (κ2) is 9.73. The Morgan fingerprint density at radius 3 is 2.61 bits per heavy atom. The quantitative estimate of drug-likeness (QED) is 0.781. The molecule has 0 aliphatic carbocycles. The highest BCUT2D eigenvalue weighted by Crippen LogP contribution is 2.22. The fourth-order valence-corrected chi connectivity index (χ4v) is 3.83. The number of nitrogens with one attached hydrogen (secondary N) is 1. The molecule has 0 aromatic carbocycles. The summed E-state index contributed by atoms with van der Waals surface area (Å²) >= 11 is 0. The SMILES string of the molecule is CCCNC(=O)CN1CCN(C(=O)C2CCCCN2C(=O)c2ccco2)CC1. The zero-order valence-electron chi connectivity index (χ0n) is 16.6. The van der Waals surface area contributed by atoms with Crippen molar-refractivity contribution in [2.45, 2.75) is 38.6 Å². The predicted octanol–water partition coefficient (Wildman–Crippen LogP) is 0.945. The van der Waals surface area contributed by atoms with E-state index in [1.165, 1.54) is 6.26 Å². The van der Waals surface area contributed by atoms with Gasteiger partial charge >= 0.3 is 0 Å². The van der Waals surface area contributed by atoms with E-state index in [9.17, 15) is 14.4 Å². The summed E-state index contributed by atoms with van der Waals surface area (Å²) < 4.78 is 5.24. The van der Waals surface area contributed by atoms with Gasteiger partial charge in [0.15, 0.2) is 5.76 Å². The standard InChI is InChI=1S/C20H30N4O4/c1-2-8-21-18(25)15-22-10-12-23(13-11-22)19(26)16-6-3-4-9-24(16)20(27)17-7-5-14-28-17/h5,7,14,16H,2-4,6,8-13,15H2,1H3,(H,21,25). The number of amides is 3. The molecule has 1 unspecified atom stereocenters. The maximum Gasteiger partial charge on any atom is 0.290 e. The Bertz CT molecular complexity index is 668. The summed E-state index contributed by atoms with van der Waals surface area (Å²) in [6.45, 7) is 6.17. The van der Waals surface area contributed by atoms with Crippen LogP contribution in [0.15, 0.2) is 22.8 Å². The number of hydrogen-bond acceptors (Lipinski definition) is 5. The minimum atomic E-state index is -0.425. The molecular formula is C20H30N4O4. The molecule has 1 aromatic heterocycles. The third kappa shape index (κ3) is 4.92. The summed E-state index contributed by atoms with van der Waals surface area (Å²) in [7, 11) is 0. The van der Waals surface area contributed by atoms with Crippen LogP contribution < -0.4 is 5.32 Å². The van der Waals surface area contributed by atoms with E-state index in [-0.39, 0.29) is 23.5 Å². The molecule has 0 radical (unpaired) electrons. The molecular weight excluding hydrogens is 360 g/mol. The summed E-state index contributed by atoms with van der Waals surface area (Å²) in [5.74, 6) is 0.107. The molecule has 8 heteroatoms. The van der Waals surface area contributed by atoms with Crippen LogP contribution in [0.25, 0.3) is 0 Å². The van der Waals surface area contributed by atoms with Crippen molar-refractivity contribution in [1.29, 1.82) is 0 Å². The van der Waals surface area contributed by atoms with Crippen LogP contribution in [0.2, 0.25) is 0 Å². The number of hydrogen-bond donors (Lipinski definition) is 1. The van der Waals surface area contributed by atoms with Gasteiger partial charge in [-0.3, -0.25) is 19.3 Å². The Labute approximate surface area is 165 Å². The van der Waals surface area contributed by atoms with Crippen LogP contribution in [-0.2, 0) is 9.59 Å². The Hall–Kier alpha value is -2.35. The van der Waals surface area contributed by atoms with Crippen LogP contribution in [0, 0.1) is 0 Å². The molecule has 1 aromatic rings. The molecule has 2 saturated heterocycles. The molecule has 2 aliphatic heterocycles. The minimum absolute atomic E-state index is 0.00897. The fourth-order valence-electron chi connectivity index (χ4n) is 3.83. The smallest absolute Gasteiger partial charge is 0.290 e. The summed E-state index contributed by atoms with van der Waals surface area (Å²) in [6, 6.07) is 2.90. The molecule has 0 spiro atoms. The molecule has 28 heavy (non-hydrogen) atoms. The van der Waals surface area contributed by atoms with Gasteiger partial charge in [0.25, 0.3) is 5.91 Å². The number of carbonyl (C=O) groups excluding carboxylic acids is 3. The van der Waals surface area contributed by atoms with Crippen molar-refractivity contribution in [2.24, 2.45) is 0 Å². The maximum atomic E-state index is 13.1. The Morgan fingerprint density at radius 1 is 1.14 bits per heavy atom. The third-order valence-electron chi connectivity index (χ3n) is 5.40. The van der Waals surface area contributed by atoms with Crippen molar-refractivity contribution in [3.05, 3.63) is 24.2 Å². The van der Waals surface area contributed by atoms with Gasteiger partial charge in [-0.1, -0.05) is 6.92 Å². The van der Waals surface area contributed by atoms with Gasteiger partial charge in [-0.25, -0.2) is 0 Å². The van der Waals surface area contributed by atoms with Gasteiger partial charge in [0.2, 0.25) is 11.8 Å². The van der Waals surface area contributed by atoms with Gasteiger partial charge in [-0.2, -0.15) is 0 Å². The van der Waals surface area contributed by atoms with Crippen LogP contribution >= 0.6 is 0 Å². The lowest BCUT2D eigenvalue weighted by molar-refractivity contribution is -0.139. The molecule has 1 N–H and O–H groups in total. The second-order valence-electron chi connectivity index (χ2n) is 7.44. The third-order valence-corrected chi connectivity index (χ3v) is 5.40. The minimum Gasteiger partial charge on any atom is -0.459 e. The van der Waals surface area contributed by atoms with Crippen LogP contribution in [0.3, 0.4) is 0 Å². The highest BCUT2D eigenvalue weighted by molar-refractivity contribution is 5.95. The first-order valence-corrected chi connectivity index (χ1v) is 10.2. The number of piperazine rings is 1. The lowest BCUT2D eigenvalue weighted by Crippen LogP contribution is -2.57. The highest BCUT2D eigenvalue weighted by atomic mass is 16.3. The van der Waals surface area contributed by atoms with Crippen LogP contribution in [0.5, 0.6) is 0 Å². The van der Waals surface area contributed by atoms with Gasteiger partial charge in [0.05, 0.1) is 12.8 Å². The fraction of sp³-hybridized carbons (Fsp3) is 0.650. The molecule has 0 bridgehead atoms. The van der Waals surface area contributed by atoms with E-state index in [0.717, 1.165) is 19.3 Å². The van der Waals surface area contributed by atoms with Crippen molar-refractivity contribution < 1.29 is 18.8 Å². The van der Waals surface area contributed by atoms with Gasteiger partial charge in [0, 0.05) is 39.3 Å². The summed E-state index contributed by atoms with van der Waals surface area (Å²) in [5, 5.41) is 2.88. The molecule has 1 atom stereocenters. The largest absolute Gasteiger partial charge is 0.459 e. The summed E-state index contributed by atoms with van der Waals surface area (Å²) in [5.41, 5.74) is 0. The van der Waals surface area contributed by atoms with Gasteiger partial charge in [-0.15, -0.1) is 0 Å². The Morgan fingerprint density at radius 2 is 1.93 bits per heavy atom. The molecule has 3 amide bonds. The molecule has 2 fully saturated rings. The topological polar surface area (TPSA) is 86.1 Å². The predicted molar refractivity (Wildman–Crippen MR) is 104 cm³/mol. The van der Waals surface area contributed by atoms with Crippen LogP contribution in [0.4, 0.5) is 0 Å². The first-order valence-electron chi connectivity index (χ1n) is 10.2. The van der Waals surface area contributed by atoms with Crippen molar-refractivity contribution in [1.82, 2.24) is 20.0 Å². The molecule has 0 saturated carbocycles. The maximum absolute atomic E-state index is 13.1. The first-order chi connectivity index (χ1) is 13.6. The number of rotatable bonds is 6. The zero-order valence-corrected chi connectivity index (χ0v) is 16.6. The van der Waals surface area contributed by atoms with E-state index in [1.807, 2.05) is 11.8 Å². The summed E-state index contributed by atoms with van der Waals surface area (Å²) in [6.07, 6.45) is 4.92. The number of carbonyl (C=O) groups is 3. The monoisotopic (exact) mass is 390 g/mol. The number of piperidine rings is 1. The lowest BCUT2D eigenvalue weighted by atomic mass is 10.00. The van der Waals surface area contributed by atoms with E-state index in [4.69, 9.17) is 4.42 Å². The van der Waals surface area contributed by atoms with Crippen molar-refractivity contribution in [2.75, 3.05) is 45.8 Å². The van der Waals surface area contributed by atoms with Crippen molar-refractivity contribution in [3.8, 4) is 0 Å². The van der Waals surface area contributed by atoms with E-state index in [1.54, 1.807) is 17.0 Å². The first kappa shape index (κ1) is 20.4. The van der Waals surface area contributed by atoms with E-state index in [0.29, 0.717) is 52.2 Å². The Kier molecular flexibility index (Phi) is 7.08. The molecule has 3 heterocycles. The molecule has 8 nitrogen and oxygen atoms in total. The van der Waals surface area contributed by atoms with Crippen molar-refractivity contribution >= 4 is 17.7 Å². The van der Waals surface area contributed by atoms with E-state index >= 15 is 0 Å². The summed E-state index contributed by atoms with van der Waals surface area (Å²) in [4.78, 5) is 43.3. The lowest BCUT2D eigenvalue weighted by Gasteiger charge is -2.40. The normalized spacial score (nSPS) is 20.8. The molecule has 3 rings (SSSR count).